The first-order valence-electron chi connectivity index (χ1n) is 8.22. The summed E-state index contributed by atoms with van der Waals surface area (Å²) in [6, 6.07) is 13.6. The molecule has 0 aliphatic carbocycles. The van der Waals surface area contributed by atoms with Crippen molar-refractivity contribution in [2.45, 2.75) is 20.3 Å². The number of methoxy groups -OCH3 is 1. The lowest BCUT2D eigenvalue weighted by Crippen LogP contribution is -2.13. The number of amides is 1. The fraction of sp³-hybridized carbons (Fsp3) is 0.300. The molecule has 0 spiro atoms. The Balaban J connectivity index is 1.97. The van der Waals surface area contributed by atoms with Gasteiger partial charge < -0.3 is 14.8 Å². The molecule has 5 heteroatoms. The highest BCUT2D eigenvalue weighted by Gasteiger charge is 2.11. The Morgan fingerprint density at radius 1 is 1.04 bits per heavy atom. The highest BCUT2D eigenvalue weighted by molar-refractivity contribution is 6.05. The monoisotopic (exact) mass is 341 g/mol. The summed E-state index contributed by atoms with van der Waals surface area (Å²) in [5, 5.41) is 2.80. The van der Waals surface area contributed by atoms with Gasteiger partial charge in [0.2, 0.25) is 0 Å². The van der Waals surface area contributed by atoms with E-state index in [1.54, 1.807) is 30.3 Å². The van der Waals surface area contributed by atoms with Crippen LogP contribution in [0.15, 0.2) is 48.5 Å². The summed E-state index contributed by atoms with van der Waals surface area (Å²) in [6.45, 7) is 4.97. The van der Waals surface area contributed by atoms with Gasteiger partial charge in [-0.3, -0.25) is 4.79 Å². The van der Waals surface area contributed by atoms with Crippen LogP contribution < -0.4 is 10.1 Å². The minimum absolute atomic E-state index is 0.292. The van der Waals surface area contributed by atoms with Crippen molar-refractivity contribution in [2.75, 3.05) is 19.0 Å². The van der Waals surface area contributed by atoms with Crippen LogP contribution in [0.2, 0.25) is 0 Å². The predicted molar refractivity (Wildman–Crippen MR) is 97.1 cm³/mol. The molecule has 2 rings (SSSR count). The van der Waals surface area contributed by atoms with Gasteiger partial charge in [0.05, 0.1) is 19.3 Å². The Labute approximate surface area is 148 Å². The topological polar surface area (TPSA) is 64.6 Å². The number of carbonyl (C=O) groups excluding carboxylic acids is 2. The summed E-state index contributed by atoms with van der Waals surface area (Å²) in [5.74, 6) is 0.599. The summed E-state index contributed by atoms with van der Waals surface area (Å²) < 4.78 is 10.3. The molecular weight excluding hydrogens is 318 g/mol. The molecule has 0 bridgehead atoms. The van der Waals surface area contributed by atoms with Crippen molar-refractivity contribution >= 4 is 17.6 Å². The average molecular weight is 341 g/mol. The van der Waals surface area contributed by atoms with Crippen molar-refractivity contribution in [3.63, 3.8) is 0 Å². The molecule has 0 aliphatic heterocycles. The highest BCUT2D eigenvalue weighted by Crippen LogP contribution is 2.17. The Morgan fingerprint density at radius 2 is 1.72 bits per heavy atom. The van der Waals surface area contributed by atoms with E-state index in [4.69, 9.17) is 4.74 Å². The standard InChI is InChI=1S/C20H23NO4/c1-14(2)11-12-25-18-9-7-17(8-10-18)21-19(22)15-5-4-6-16(13-15)20(23)24-3/h4-10,13-14H,11-12H2,1-3H3,(H,21,22). The highest BCUT2D eigenvalue weighted by atomic mass is 16.5. The van der Waals surface area contributed by atoms with Crippen LogP contribution in [0.25, 0.3) is 0 Å². The number of carbonyl (C=O) groups is 2. The fourth-order valence-corrected chi connectivity index (χ4v) is 2.16. The summed E-state index contributed by atoms with van der Waals surface area (Å²) in [7, 11) is 1.31. The molecule has 2 aromatic rings. The summed E-state index contributed by atoms with van der Waals surface area (Å²) >= 11 is 0. The van der Waals surface area contributed by atoms with Crippen LogP contribution in [0.5, 0.6) is 5.75 Å². The Bertz CT molecular complexity index is 723. The molecule has 0 atom stereocenters. The summed E-state index contributed by atoms with van der Waals surface area (Å²) in [4.78, 5) is 23.9. The van der Waals surface area contributed by atoms with Crippen molar-refractivity contribution in [1.82, 2.24) is 0 Å². The number of ether oxygens (including phenoxy) is 2. The zero-order valence-electron chi connectivity index (χ0n) is 14.7. The molecule has 0 fully saturated rings. The van der Waals surface area contributed by atoms with Crippen molar-refractivity contribution in [1.29, 1.82) is 0 Å². The van der Waals surface area contributed by atoms with E-state index in [1.807, 2.05) is 12.1 Å². The van der Waals surface area contributed by atoms with Crippen LogP contribution in [0.1, 0.15) is 41.0 Å². The van der Waals surface area contributed by atoms with Gasteiger partial charge in [-0.15, -0.1) is 0 Å². The van der Waals surface area contributed by atoms with Crippen LogP contribution >= 0.6 is 0 Å². The van der Waals surface area contributed by atoms with Crippen molar-refractivity contribution in [2.24, 2.45) is 5.92 Å². The minimum atomic E-state index is -0.474. The lowest BCUT2D eigenvalue weighted by atomic mass is 10.1. The fourth-order valence-electron chi connectivity index (χ4n) is 2.16. The van der Waals surface area contributed by atoms with Gasteiger partial charge in [-0.25, -0.2) is 4.79 Å². The van der Waals surface area contributed by atoms with Gasteiger partial charge in [0, 0.05) is 11.3 Å². The zero-order valence-corrected chi connectivity index (χ0v) is 14.7. The number of rotatable bonds is 7. The maximum absolute atomic E-state index is 12.3. The number of benzene rings is 2. The van der Waals surface area contributed by atoms with Crippen LogP contribution in [0, 0.1) is 5.92 Å². The molecule has 1 amide bonds. The van der Waals surface area contributed by atoms with Gasteiger partial charge >= 0.3 is 5.97 Å². The normalized spacial score (nSPS) is 10.4. The molecule has 132 valence electrons. The van der Waals surface area contributed by atoms with Gasteiger partial charge in [-0.1, -0.05) is 19.9 Å². The Hall–Kier alpha value is -2.82. The van der Waals surface area contributed by atoms with Crippen LogP contribution in [0.3, 0.4) is 0 Å². The first-order chi connectivity index (χ1) is 12.0. The smallest absolute Gasteiger partial charge is 0.337 e. The molecule has 0 aliphatic rings. The molecule has 25 heavy (non-hydrogen) atoms. The Morgan fingerprint density at radius 3 is 2.36 bits per heavy atom. The molecule has 0 heterocycles. The second kappa shape index (κ2) is 8.87. The molecule has 0 saturated carbocycles. The third-order valence-corrected chi connectivity index (χ3v) is 3.62. The lowest BCUT2D eigenvalue weighted by Gasteiger charge is -2.10. The van der Waals surface area contributed by atoms with Crippen LogP contribution in [-0.2, 0) is 4.74 Å². The first kappa shape index (κ1) is 18.5. The number of hydrogen-bond donors (Lipinski definition) is 1. The zero-order chi connectivity index (χ0) is 18.2. The molecule has 5 nitrogen and oxygen atoms in total. The van der Waals surface area contributed by atoms with Gasteiger partial charge in [0.1, 0.15) is 5.75 Å². The minimum Gasteiger partial charge on any atom is -0.494 e. The third-order valence-electron chi connectivity index (χ3n) is 3.62. The van der Waals surface area contributed by atoms with E-state index in [0.717, 1.165) is 12.2 Å². The van der Waals surface area contributed by atoms with Gasteiger partial charge in [0.15, 0.2) is 0 Å². The van der Waals surface area contributed by atoms with Crippen LogP contribution in [-0.4, -0.2) is 25.6 Å². The predicted octanol–water partition coefficient (Wildman–Crippen LogP) is 4.15. The number of nitrogens with one attached hydrogen (secondary N) is 1. The van der Waals surface area contributed by atoms with Crippen LogP contribution in [0.4, 0.5) is 5.69 Å². The van der Waals surface area contributed by atoms with Gasteiger partial charge in [-0.2, -0.15) is 0 Å². The van der Waals surface area contributed by atoms with Crippen molar-refractivity contribution in [3.05, 3.63) is 59.7 Å². The molecule has 0 aromatic heterocycles. The molecule has 2 aromatic carbocycles. The quantitative estimate of drug-likeness (QED) is 0.768. The van der Waals surface area contributed by atoms with Gasteiger partial charge in [0.25, 0.3) is 5.91 Å². The average Bonchev–Trinajstić information content (AvgIpc) is 2.62. The summed E-state index contributed by atoms with van der Waals surface area (Å²) in [6.07, 6.45) is 0.995. The maximum Gasteiger partial charge on any atom is 0.337 e. The molecule has 0 radical (unpaired) electrons. The molecule has 0 saturated heterocycles. The maximum atomic E-state index is 12.3. The van der Waals surface area contributed by atoms with E-state index < -0.39 is 5.97 Å². The largest absolute Gasteiger partial charge is 0.494 e. The first-order valence-corrected chi connectivity index (χ1v) is 8.22. The van der Waals surface area contributed by atoms with E-state index in [9.17, 15) is 9.59 Å². The van der Waals surface area contributed by atoms with E-state index >= 15 is 0 Å². The Kier molecular flexibility index (Phi) is 6.57. The van der Waals surface area contributed by atoms with Gasteiger partial charge in [-0.05, 0) is 54.8 Å². The molecular formula is C20H23NO4. The van der Waals surface area contributed by atoms with Crippen molar-refractivity contribution in [3.8, 4) is 5.75 Å². The second-order valence-electron chi connectivity index (χ2n) is 6.08. The lowest BCUT2D eigenvalue weighted by molar-refractivity contribution is 0.0600. The number of anilines is 1. The SMILES string of the molecule is COC(=O)c1cccc(C(=O)Nc2ccc(OCCC(C)C)cc2)c1. The third kappa shape index (κ3) is 5.64. The second-order valence-corrected chi connectivity index (χ2v) is 6.08. The summed E-state index contributed by atoms with van der Waals surface area (Å²) in [5.41, 5.74) is 1.38. The molecule has 0 unspecified atom stereocenters. The number of hydrogen-bond acceptors (Lipinski definition) is 4. The van der Waals surface area contributed by atoms with E-state index in [2.05, 4.69) is 23.9 Å². The van der Waals surface area contributed by atoms with E-state index in [1.165, 1.54) is 13.2 Å². The number of esters is 1. The van der Waals surface area contributed by atoms with E-state index in [-0.39, 0.29) is 5.91 Å². The van der Waals surface area contributed by atoms with Crippen molar-refractivity contribution < 1.29 is 19.1 Å². The van der Waals surface area contributed by atoms with E-state index in [0.29, 0.717) is 29.3 Å². The molecule has 1 N–H and O–H groups in total.